The van der Waals surface area contributed by atoms with E-state index in [2.05, 4.69) is 220 Å². The molecule has 0 fully saturated rings. The van der Waals surface area contributed by atoms with Crippen molar-refractivity contribution in [3.63, 3.8) is 0 Å². The van der Waals surface area contributed by atoms with E-state index < -0.39 is 0 Å². The van der Waals surface area contributed by atoms with Crippen LogP contribution in [-0.4, -0.2) is 48.1 Å². The first-order valence-corrected chi connectivity index (χ1v) is 35.0. The van der Waals surface area contributed by atoms with Crippen molar-refractivity contribution in [3.05, 3.63) is 330 Å². The Labute approximate surface area is 599 Å². The number of hydrogen-bond donors (Lipinski definition) is 0. The Morgan fingerprint density at radius 3 is 0.750 bits per heavy atom. The fraction of sp³-hybridized carbons (Fsp3) is 0.0588. The number of halogens is 1. The molecule has 0 aliphatic rings. The van der Waals surface area contributed by atoms with Crippen molar-refractivity contribution in [2.75, 3.05) is 50.2 Å². The molecule has 0 saturated carbocycles. The Morgan fingerprint density at radius 1 is 0.250 bits per heavy atom. The molecule has 13 aromatic rings. The standard InChI is InChI=1S/C33H27NO3S2.C31H25NOS2.C21H19NO3.FH/c1-36-29-15-13-28(14-16-29)34(26-9-3-24(4-10-26)7-17-30-19-20-32(23-35)38-30)27-11-5-25(6-12-27)8-18-31-21-22-33(37-2)39-31;1-33-29-18-16-28(17-19-29)32(26-12-6-24(7-13-26)10-20-30-4-2-22-34-30)27-14-8-25(9-15-27)11-21-31-5-3-23-35-31;1-24-20-11-7-18(8-12-20)22(17-5-3-16(15-23)4-6-17)19-9-13-21(25-2)14-10-19;/h3-23H,1-2H3;2-23H,1H3;3-15H,1-2H3;1H/b17-7+,18-8+;20-10+,21-11+;;. The average molecular weight is 1390 g/mol. The molecule has 9 aromatic carbocycles. The molecular weight excluding hydrogens is 1320 g/mol. The van der Waals surface area contributed by atoms with Crippen LogP contribution < -0.4 is 38.4 Å². The van der Waals surface area contributed by atoms with Gasteiger partial charge in [0.05, 0.1) is 40.4 Å². The summed E-state index contributed by atoms with van der Waals surface area (Å²) in [5.41, 5.74) is 14.6. The number of aldehydes is 2. The highest BCUT2D eigenvalue weighted by Crippen LogP contribution is 2.40. The number of ether oxygens (including phenoxy) is 5. The van der Waals surface area contributed by atoms with Gasteiger partial charge in [0.2, 0.25) is 0 Å². The summed E-state index contributed by atoms with van der Waals surface area (Å²) in [5.74, 6) is 3.26. The number of thiophene rings is 4. The second-order valence-corrected chi connectivity index (χ2v) is 26.1. The predicted octanol–water partition coefficient (Wildman–Crippen LogP) is 24.2. The van der Waals surface area contributed by atoms with E-state index in [1.807, 2.05) is 121 Å². The van der Waals surface area contributed by atoms with E-state index in [4.69, 9.17) is 23.7 Å². The lowest BCUT2D eigenvalue weighted by Crippen LogP contribution is -2.09. The summed E-state index contributed by atoms with van der Waals surface area (Å²) >= 11 is 6.58. The van der Waals surface area contributed by atoms with Gasteiger partial charge < -0.3 is 38.4 Å². The minimum Gasteiger partial charge on any atom is -0.497 e. The van der Waals surface area contributed by atoms with Crippen LogP contribution in [0.2, 0.25) is 0 Å². The second-order valence-electron chi connectivity index (χ2n) is 22.0. The van der Waals surface area contributed by atoms with Gasteiger partial charge in [-0.3, -0.25) is 14.3 Å². The molecule has 4 aromatic heterocycles. The molecule has 0 unspecified atom stereocenters. The number of nitrogens with zero attached hydrogens (tertiary/aromatic N) is 3. The monoisotopic (exact) mass is 1390 g/mol. The highest BCUT2D eigenvalue weighted by atomic mass is 32.1. The van der Waals surface area contributed by atoms with Crippen molar-refractivity contribution in [3.8, 4) is 28.1 Å². The topological polar surface area (TPSA) is 90.0 Å². The molecule has 0 radical (unpaired) electrons. The van der Waals surface area contributed by atoms with Crippen LogP contribution in [-0.2, 0) is 0 Å². The van der Waals surface area contributed by atoms with E-state index in [0.29, 0.717) is 5.56 Å². The highest BCUT2D eigenvalue weighted by molar-refractivity contribution is 7.15. The Morgan fingerprint density at radius 2 is 0.510 bits per heavy atom. The van der Waals surface area contributed by atoms with Crippen molar-refractivity contribution in [2.45, 2.75) is 0 Å². The summed E-state index contributed by atoms with van der Waals surface area (Å²) in [5, 5.41) is 5.09. The van der Waals surface area contributed by atoms with Crippen LogP contribution in [0.25, 0.3) is 48.6 Å². The first-order valence-electron chi connectivity index (χ1n) is 31.6. The molecular formula is C85H72FN3O7S4. The normalized spacial score (nSPS) is 10.9. The summed E-state index contributed by atoms with van der Waals surface area (Å²) in [6, 6.07) is 89.9. The fourth-order valence-electron chi connectivity index (χ4n) is 10.4. The maximum Gasteiger partial charge on any atom is 0.173 e. The third kappa shape index (κ3) is 19.4. The fourth-order valence-corrected chi connectivity index (χ4v) is 13.1. The maximum absolute atomic E-state index is 11.0. The summed E-state index contributed by atoms with van der Waals surface area (Å²) in [6.45, 7) is 0. The molecule has 0 atom stereocenters. The summed E-state index contributed by atoms with van der Waals surface area (Å²) in [4.78, 5) is 33.9. The Balaban J connectivity index is 0.000000165. The lowest BCUT2D eigenvalue weighted by molar-refractivity contribution is 0.111. The molecule has 100 heavy (non-hydrogen) atoms. The number of benzene rings is 9. The Bertz CT molecular complexity index is 4610. The van der Waals surface area contributed by atoms with Crippen molar-refractivity contribution < 1.29 is 38.0 Å². The molecule has 0 N–H and O–H groups in total. The van der Waals surface area contributed by atoms with Crippen LogP contribution in [0.5, 0.6) is 28.1 Å². The maximum atomic E-state index is 11.0. The van der Waals surface area contributed by atoms with Gasteiger partial charge in [-0.05, 0) is 264 Å². The zero-order chi connectivity index (χ0) is 68.6. The van der Waals surface area contributed by atoms with Gasteiger partial charge in [0.15, 0.2) is 11.3 Å². The van der Waals surface area contributed by atoms with Crippen molar-refractivity contribution in [1.29, 1.82) is 0 Å². The SMILES string of the molecule is COc1ccc(N(c2ccc(/C=C/c3ccc(C=O)s3)cc2)c2ccc(/C=C/c3ccc(OC)s3)cc2)cc1.COc1ccc(N(c2ccc(/C=C/c3cccs3)cc2)c2ccc(/C=C/c3cccs3)cc2)cc1.COc1ccc(N(c2ccc(C=O)cc2)c2ccc(OC)cc2)cc1.F. The Hall–Kier alpha value is -11.6. The lowest BCUT2D eigenvalue weighted by atomic mass is 10.1. The molecule has 4 heterocycles. The predicted molar refractivity (Wildman–Crippen MR) is 422 cm³/mol. The van der Waals surface area contributed by atoms with Gasteiger partial charge in [-0.2, -0.15) is 0 Å². The minimum atomic E-state index is 0. The number of carbonyl (C=O) groups excluding carboxylic acids is 2. The first kappa shape index (κ1) is 71.2. The summed E-state index contributed by atoms with van der Waals surface area (Å²) < 4.78 is 26.5. The minimum absolute atomic E-state index is 0. The third-order valence-electron chi connectivity index (χ3n) is 15.6. The average Bonchev–Trinajstić information content (AvgIpc) is 1.20. The summed E-state index contributed by atoms with van der Waals surface area (Å²) in [7, 11) is 8.35. The van der Waals surface area contributed by atoms with Crippen LogP contribution >= 0.6 is 45.3 Å². The summed E-state index contributed by atoms with van der Waals surface area (Å²) in [6.07, 6.45) is 18.7. The van der Waals surface area contributed by atoms with Gasteiger partial charge in [0.25, 0.3) is 0 Å². The van der Waals surface area contributed by atoms with Gasteiger partial charge in [-0.25, -0.2) is 0 Å². The van der Waals surface area contributed by atoms with Crippen molar-refractivity contribution in [2.24, 2.45) is 0 Å². The van der Waals surface area contributed by atoms with E-state index in [1.54, 1.807) is 69.6 Å². The van der Waals surface area contributed by atoms with E-state index in [9.17, 15) is 9.59 Å². The molecule has 15 heteroatoms. The van der Waals surface area contributed by atoms with Gasteiger partial charge in [-0.1, -0.05) is 96.3 Å². The number of anilines is 9. The highest BCUT2D eigenvalue weighted by Gasteiger charge is 2.17. The lowest BCUT2D eigenvalue weighted by Gasteiger charge is -2.26. The Kier molecular flexibility index (Phi) is 25.7. The third-order valence-corrected chi connectivity index (χ3v) is 19.3. The molecule has 13 rings (SSSR count). The van der Waals surface area contributed by atoms with E-state index in [-0.39, 0.29) is 4.70 Å². The zero-order valence-corrected chi connectivity index (χ0v) is 58.8. The molecule has 500 valence electrons. The number of hydrogen-bond acceptors (Lipinski definition) is 14. The second kappa shape index (κ2) is 36.1. The van der Waals surface area contributed by atoms with E-state index in [0.717, 1.165) is 118 Å². The van der Waals surface area contributed by atoms with Crippen molar-refractivity contribution >= 4 is 158 Å². The van der Waals surface area contributed by atoms with Crippen LogP contribution in [0.1, 0.15) is 61.8 Å². The first-order chi connectivity index (χ1) is 48.7. The van der Waals surface area contributed by atoms with Gasteiger partial charge >= 0.3 is 0 Å². The smallest absolute Gasteiger partial charge is 0.173 e. The van der Waals surface area contributed by atoms with E-state index in [1.165, 1.54) is 32.2 Å². The molecule has 0 aliphatic heterocycles. The van der Waals surface area contributed by atoms with Crippen LogP contribution in [0.15, 0.2) is 278 Å². The zero-order valence-electron chi connectivity index (χ0n) is 55.6. The number of methoxy groups -OCH3 is 5. The molecule has 0 saturated heterocycles. The van der Waals surface area contributed by atoms with E-state index >= 15 is 0 Å². The molecule has 0 amide bonds. The number of carbonyl (C=O) groups is 2. The molecule has 0 aliphatic carbocycles. The largest absolute Gasteiger partial charge is 0.497 e. The van der Waals surface area contributed by atoms with Gasteiger partial charge in [-0.15, -0.1) is 34.0 Å². The van der Waals surface area contributed by atoms with Gasteiger partial charge in [0, 0.05) is 76.3 Å². The van der Waals surface area contributed by atoms with Crippen LogP contribution in [0, 0.1) is 0 Å². The van der Waals surface area contributed by atoms with Crippen molar-refractivity contribution in [1.82, 2.24) is 0 Å². The molecule has 10 nitrogen and oxygen atoms in total. The van der Waals surface area contributed by atoms with Gasteiger partial charge in [0.1, 0.15) is 29.3 Å². The molecule has 0 spiro atoms. The van der Waals surface area contributed by atoms with Crippen LogP contribution in [0.4, 0.5) is 55.9 Å². The number of rotatable bonds is 24. The van der Waals surface area contributed by atoms with Crippen LogP contribution in [0.3, 0.4) is 0 Å². The quantitative estimate of drug-likeness (QED) is 0.0545. The molecule has 0 bridgehead atoms.